The van der Waals surface area contributed by atoms with E-state index in [9.17, 15) is 4.79 Å². The summed E-state index contributed by atoms with van der Waals surface area (Å²) in [6.45, 7) is 7.97. The number of tetrazole rings is 1. The summed E-state index contributed by atoms with van der Waals surface area (Å²) in [4.78, 5) is 14.3. The molecule has 0 aliphatic rings. The van der Waals surface area contributed by atoms with Crippen molar-refractivity contribution < 1.29 is 4.79 Å². The number of carbonyl (C=O) groups is 1. The molecule has 1 amide bonds. The highest BCUT2D eigenvalue weighted by molar-refractivity contribution is 7.99. The maximum absolute atomic E-state index is 11.9. The zero-order valence-corrected chi connectivity index (χ0v) is 15.9. The van der Waals surface area contributed by atoms with E-state index in [4.69, 9.17) is 0 Å². The van der Waals surface area contributed by atoms with Gasteiger partial charge in [-0.25, -0.2) is 4.68 Å². The van der Waals surface area contributed by atoms with Crippen molar-refractivity contribution in [2.75, 3.05) is 18.8 Å². The number of hydrogen-bond donors (Lipinski definition) is 1. The summed E-state index contributed by atoms with van der Waals surface area (Å²) >= 11 is 1.48. The smallest absolute Gasteiger partial charge is 0.221 e. The largest absolute Gasteiger partial charge is 0.352 e. The van der Waals surface area contributed by atoms with Gasteiger partial charge in [0.2, 0.25) is 11.1 Å². The Kier molecular flexibility index (Phi) is 7.87. The summed E-state index contributed by atoms with van der Waals surface area (Å²) in [6, 6.07) is 8.44. The molecule has 8 heteroatoms. The van der Waals surface area contributed by atoms with Gasteiger partial charge < -0.3 is 5.32 Å². The van der Waals surface area contributed by atoms with Crippen LogP contribution in [0, 0.1) is 0 Å². The minimum absolute atomic E-state index is 0.0369. The summed E-state index contributed by atoms with van der Waals surface area (Å²) in [5.74, 6) is 0.693. The second-order valence-electron chi connectivity index (χ2n) is 5.74. The van der Waals surface area contributed by atoms with Gasteiger partial charge in [0, 0.05) is 32.3 Å². The van der Waals surface area contributed by atoms with E-state index in [1.165, 1.54) is 17.3 Å². The van der Waals surface area contributed by atoms with Crippen molar-refractivity contribution in [3.8, 4) is 0 Å². The number of thioether (sulfide) groups is 1. The van der Waals surface area contributed by atoms with Crippen molar-refractivity contribution in [3.63, 3.8) is 0 Å². The Morgan fingerprint density at radius 1 is 1.20 bits per heavy atom. The quantitative estimate of drug-likeness (QED) is 0.650. The lowest BCUT2D eigenvalue weighted by Crippen LogP contribution is -2.23. The average molecular weight is 363 g/mol. The number of rotatable bonds is 10. The molecule has 0 radical (unpaired) electrons. The lowest BCUT2D eigenvalue weighted by atomic mass is 10.1. The standard InChI is InChI=1S/C17H26N6OS/c1-4-23(5-2)13-15-8-6-14(7-9-15)12-18-16(24)10-11-25-17-19-20-21-22(17)3/h6-9H,4-5,10-13H2,1-3H3,(H,18,24). The van der Waals surface area contributed by atoms with Crippen LogP contribution < -0.4 is 5.32 Å². The van der Waals surface area contributed by atoms with Gasteiger partial charge >= 0.3 is 0 Å². The van der Waals surface area contributed by atoms with Crippen LogP contribution in [-0.2, 0) is 24.9 Å². The zero-order chi connectivity index (χ0) is 18.1. The van der Waals surface area contributed by atoms with Crippen LogP contribution in [0.15, 0.2) is 29.4 Å². The number of aromatic nitrogens is 4. The van der Waals surface area contributed by atoms with Crippen molar-refractivity contribution in [1.82, 2.24) is 30.4 Å². The van der Waals surface area contributed by atoms with Gasteiger partial charge in [0.25, 0.3) is 0 Å². The fraction of sp³-hybridized carbons (Fsp3) is 0.529. The van der Waals surface area contributed by atoms with Crippen LogP contribution in [-0.4, -0.2) is 49.9 Å². The van der Waals surface area contributed by atoms with Gasteiger partial charge in [-0.3, -0.25) is 9.69 Å². The summed E-state index contributed by atoms with van der Waals surface area (Å²) in [5, 5.41) is 14.9. The first kappa shape index (κ1) is 19.4. The Morgan fingerprint density at radius 3 is 2.48 bits per heavy atom. The summed E-state index contributed by atoms with van der Waals surface area (Å²) in [6.07, 6.45) is 0.442. The molecule has 1 heterocycles. The van der Waals surface area contributed by atoms with Crippen molar-refractivity contribution in [1.29, 1.82) is 0 Å². The van der Waals surface area contributed by atoms with Crippen molar-refractivity contribution in [2.24, 2.45) is 7.05 Å². The van der Waals surface area contributed by atoms with Crippen LogP contribution in [0.2, 0.25) is 0 Å². The second-order valence-corrected chi connectivity index (χ2v) is 6.80. The summed E-state index contributed by atoms with van der Waals surface area (Å²) in [5.41, 5.74) is 2.41. The third-order valence-corrected chi connectivity index (χ3v) is 4.97. The number of aryl methyl sites for hydroxylation is 1. The first-order chi connectivity index (χ1) is 12.1. The zero-order valence-electron chi connectivity index (χ0n) is 15.1. The molecule has 2 aromatic rings. The van der Waals surface area contributed by atoms with Gasteiger partial charge in [-0.2, -0.15) is 0 Å². The predicted molar refractivity (Wildman–Crippen MR) is 99.1 cm³/mol. The highest BCUT2D eigenvalue weighted by Crippen LogP contribution is 2.13. The minimum atomic E-state index is 0.0369. The molecule has 0 fully saturated rings. The maximum atomic E-state index is 11.9. The van der Waals surface area contributed by atoms with E-state index < -0.39 is 0 Å². The van der Waals surface area contributed by atoms with Gasteiger partial charge in [0.05, 0.1) is 0 Å². The molecular weight excluding hydrogens is 336 g/mol. The first-order valence-corrected chi connectivity index (χ1v) is 9.53. The van der Waals surface area contributed by atoms with Crippen LogP contribution in [0.4, 0.5) is 0 Å². The topological polar surface area (TPSA) is 75.9 Å². The molecule has 2 rings (SSSR count). The molecule has 0 aliphatic heterocycles. The van der Waals surface area contributed by atoms with Crippen LogP contribution in [0.5, 0.6) is 0 Å². The van der Waals surface area contributed by atoms with Crippen LogP contribution >= 0.6 is 11.8 Å². The number of nitrogens with one attached hydrogen (secondary N) is 1. The third kappa shape index (κ3) is 6.47. The van der Waals surface area contributed by atoms with E-state index in [0.717, 1.165) is 30.4 Å². The Hall–Kier alpha value is -1.93. The van der Waals surface area contributed by atoms with Crippen LogP contribution in [0.1, 0.15) is 31.4 Å². The lowest BCUT2D eigenvalue weighted by molar-refractivity contribution is -0.120. The molecule has 0 saturated heterocycles. The molecule has 0 bridgehead atoms. The van der Waals surface area contributed by atoms with Crippen LogP contribution in [0.3, 0.4) is 0 Å². The average Bonchev–Trinajstić information content (AvgIpc) is 3.04. The Bertz CT molecular complexity index is 653. The molecule has 1 aromatic heterocycles. The molecule has 7 nitrogen and oxygen atoms in total. The van der Waals surface area contributed by atoms with Gasteiger partial charge in [0.1, 0.15) is 0 Å². The third-order valence-electron chi connectivity index (χ3n) is 3.95. The molecular formula is C17H26N6OS. The predicted octanol–water partition coefficient (Wildman–Crippen LogP) is 1.85. The first-order valence-electron chi connectivity index (χ1n) is 8.54. The monoisotopic (exact) mass is 362 g/mol. The Labute approximate surface area is 153 Å². The molecule has 25 heavy (non-hydrogen) atoms. The Balaban J connectivity index is 1.69. The van der Waals surface area contributed by atoms with Crippen molar-refractivity contribution in [2.45, 2.75) is 38.5 Å². The van der Waals surface area contributed by atoms with Crippen molar-refractivity contribution in [3.05, 3.63) is 35.4 Å². The maximum Gasteiger partial charge on any atom is 0.221 e. The SMILES string of the molecule is CCN(CC)Cc1ccc(CNC(=O)CCSc2nnnn2C)cc1. The van der Waals surface area contributed by atoms with E-state index in [0.29, 0.717) is 18.7 Å². The number of hydrogen-bond acceptors (Lipinski definition) is 6. The number of amides is 1. The highest BCUT2D eigenvalue weighted by atomic mass is 32.2. The molecule has 0 saturated carbocycles. The fourth-order valence-corrected chi connectivity index (χ4v) is 3.12. The van der Waals surface area contributed by atoms with E-state index in [1.807, 2.05) is 0 Å². The molecule has 1 N–H and O–H groups in total. The molecule has 136 valence electrons. The van der Waals surface area contributed by atoms with E-state index in [-0.39, 0.29) is 5.91 Å². The molecule has 0 atom stereocenters. The number of carbonyl (C=O) groups excluding carboxylic acids is 1. The minimum Gasteiger partial charge on any atom is -0.352 e. The highest BCUT2D eigenvalue weighted by Gasteiger charge is 2.06. The van der Waals surface area contributed by atoms with Gasteiger partial charge in [-0.05, 0) is 34.6 Å². The lowest BCUT2D eigenvalue weighted by Gasteiger charge is -2.18. The molecule has 0 unspecified atom stereocenters. The van der Waals surface area contributed by atoms with Gasteiger partial charge in [-0.15, -0.1) is 5.10 Å². The van der Waals surface area contributed by atoms with E-state index in [2.05, 4.69) is 63.9 Å². The van der Waals surface area contributed by atoms with Crippen molar-refractivity contribution >= 4 is 17.7 Å². The van der Waals surface area contributed by atoms with Gasteiger partial charge in [0.15, 0.2) is 0 Å². The summed E-state index contributed by atoms with van der Waals surface area (Å²) < 4.78 is 1.60. The second kappa shape index (κ2) is 10.1. The molecule has 1 aromatic carbocycles. The normalized spacial score (nSPS) is 11.0. The molecule has 0 spiro atoms. The Morgan fingerprint density at radius 2 is 1.88 bits per heavy atom. The summed E-state index contributed by atoms with van der Waals surface area (Å²) in [7, 11) is 1.78. The van der Waals surface area contributed by atoms with E-state index in [1.54, 1.807) is 11.7 Å². The van der Waals surface area contributed by atoms with E-state index >= 15 is 0 Å². The number of benzene rings is 1. The van der Waals surface area contributed by atoms with Gasteiger partial charge in [-0.1, -0.05) is 49.9 Å². The van der Waals surface area contributed by atoms with Crippen LogP contribution in [0.25, 0.3) is 0 Å². The fourth-order valence-electron chi connectivity index (χ4n) is 2.34. The number of nitrogens with zero attached hydrogens (tertiary/aromatic N) is 5. The molecule has 0 aliphatic carbocycles.